The zero-order chi connectivity index (χ0) is 18.6. The number of methoxy groups -OCH3 is 1. The van der Waals surface area contributed by atoms with E-state index in [1.807, 2.05) is 17.9 Å². The minimum Gasteiger partial charge on any atom is -0.493 e. The van der Waals surface area contributed by atoms with Crippen LogP contribution < -0.4 is 8.92 Å². The first-order valence-corrected chi connectivity index (χ1v) is 10.4. The topological polar surface area (TPSA) is 72.9 Å². The van der Waals surface area contributed by atoms with E-state index < -0.39 is 10.1 Å². The van der Waals surface area contributed by atoms with Crippen molar-refractivity contribution in [2.24, 2.45) is 5.92 Å². The number of hydrogen-bond donors (Lipinski definition) is 0. The molecule has 7 heteroatoms. The van der Waals surface area contributed by atoms with Gasteiger partial charge in [-0.3, -0.25) is 4.79 Å². The van der Waals surface area contributed by atoms with Crippen LogP contribution in [0.15, 0.2) is 18.2 Å². The Kier molecular flexibility index (Phi) is 6.32. The predicted octanol–water partition coefficient (Wildman–Crippen LogP) is 2.96. The number of carbonyl (C=O) groups is 1. The van der Waals surface area contributed by atoms with E-state index in [2.05, 4.69) is 6.92 Å². The molecule has 0 aliphatic heterocycles. The van der Waals surface area contributed by atoms with Crippen LogP contribution in [0, 0.1) is 5.92 Å². The van der Waals surface area contributed by atoms with E-state index in [0.717, 1.165) is 37.5 Å². The summed E-state index contributed by atoms with van der Waals surface area (Å²) >= 11 is 0. The number of nitrogens with zero attached hydrogens (tertiary/aromatic N) is 1. The van der Waals surface area contributed by atoms with Crippen LogP contribution in [0.1, 0.15) is 45.1 Å². The highest BCUT2D eigenvalue weighted by Gasteiger charge is 2.31. The van der Waals surface area contributed by atoms with Crippen molar-refractivity contribution in [1.82, 2.24) is 4.90 Å². The van der Waals surface area contributed by atoms with Crippen molar-refractivity contribution in [2.45, 2.75) is 52.1 Å². The first-order chi connectivity index (χ1) is 11.7. The van der Waals surface area contributed by atoms with Crippen molar-refractivity contribution < 1.29 is 22.1 Å². The van der Waals surface area contributed by atoms with Gasteiger partial charge in [-0.2, -0.15) is 8.42 Å². The number of carbonyl (C=O) groups excluding carboxylic acids is 1. The first-order valence-electron chi connectivity index (χ1n) is 8.62. The lowest BCUT2D eigenvalue weighted by atomic mass is 9.84. The molecule has 0 heterocycles. The molecule has 1 aliphatic carbocycles. The van der Waals surface area contributed by atoms with Crippen LogP contribution in [0.4, 0.5) is 0 Å². The van der Waals surface area contributed by atoms with Gasteiger partial charge in [0.05, 0.1) is 13.4 Å². The van der Waals surface area contributed by atoms with Crippen LogP contribution in [0.2, 0.25) is 0 Å². The standard InChI is InChI=1S/C18H27NO5S/c1-5-13(2)19(18(20)15-7-6-8-15)12-14-9-10-16(23-3)17(11-14)24-25(4,21)22/h9-11,13,15H,5-8,12H2,1-4H3/t13-/m0/s1. The number of amides is 1. The first kappa shape index (κ1) is 19.6. The van der Waals surface area contributed by atoms with Gasteiger partial charge >= 0.3 is 10.1 Å². The number of ether oxygens (including phenoxy) is 1. The summed E-state index contributed by atoms with van der Waals surface area (Å²) < 4.78 is 33.1. The molecular weight excluding hydrogens is 342 g/mol. The fourth-order valence-corrected chi connectivity index (χ4v) is 3.26. The molecule has 1 aromatic rings. The molecule has 6 nitrogen and oxygen atoms in total. The van der Waals surface area contributed by atoms with E-state index in [0.29, 0.717) is 12.3 Å². The Hall–Kier alpha value is -1.76. The molecular formula is C18H27NO5S. The van der Waals surface area contributed by atoms with Crippen LogP contribution in [-0.2, 0) is 21.5 Å². The molecule has 2 rings (SSSR count). The van der Waals surface area contributed by atoms with Gasteiger partial charge < -0.3 is 13.8 Å². The highest BCUT2D eigenvalue weighted by molar-refractivity contribution is 7.86. The van der Waals surface area contributed by atoms with Crippen LogP contribution in [0.25, 0.3) is 0 Å². The Balaban J connectivity index is 2.25. The van der Waals surface area contributed by atoms with Gasteiger partial charge in [0.25, 0.3) is 0 Å². The third kappa shape index (κ3) is 5.11. The van der Waals surface area contributed by atoms with Gasteiger partial charge in [-0.25, -0.2) is 0 Å². The van der Waals surface area contributed by atoms with Gasteiger partial charge in [0, 0.05) is 18.5 Å². The molecule has 0 aromatic heterocycles. The molecule has 140 valence electrons. The SMILES string of the molecule is CC[C@H](C)N(Cc1ccc(OC)c(OS(C)(=O)=O)c1)C(=O)C1CCC1. The molecule has 1 saturated carbocycles. The van der Waals surface area contributed by atoms with Crippen LogP contribution in [-0.4, -0.2) is 38.6 Å². The van der Waals surface area contributed by atoms with Crippen LogP contribution in [0.5, 0.6) is 11.5 Å². The summed E-state index contributed by atoms with van der Waals surface area (Å²) in [5, 5.41) is 0. The van der Waals surface area contributed by atoms with Gasteiger partial charge in [0.1, 0.15) is 0 Å². The molecule has 0 radical (unpaired) electrons. The molecule has 0 bridgehead atoms. The minimum atomic E-state index is -3.66. The second-order valence-corrected chi connectivity index (χ2v) is 8.20. The Morgan fingerprint density at radius 3 is 2.48 bits per heavy atom. The average Bonchev–Trinajstić information content (AvgIpc) is 2.48. The monoisotopic (exact) mass is 369 g/mol. The van der Waals surface area contributed by atoms with Crippen molar-refractivity contribution in [3.05, 3.63) is 23.8 Å². The lowest BCUT2D eigenvalue weighted by Gasteiger charge is -2.35. The summed E-state index contributed by atoms with van der Waals surface area (Å²) in [4.78, 5) is 14.6. The Morgan fingerprint density at radius 2 is 2.00 bits per heavy atom. The molecule has 25 heavy (non-hydrogen) atoms. The van der Waals surface area contributed by atoms with E-state index in [-0.39, 0.29) is 23.6 Å². The highest BCUT2D eigenvalue weighted by atomic mass is 32.2. The summed E-state index contributed by atoms with van der Waals surface area (Å²) in [6.07, 6.45) is 4.87. The summed E-state index contributed by atoms with van der Waals surface area (Å²) in [5.41, 5.74) is 0.812. The molecule has 1 fully saturated rings. The van der Waals surface area contributed by atoms with Crippen molar-refractivity contribution in [3.63, 3.8) is 0 Å². The third-order valence-corrected chi connectivity index (χ3v) is 5.16. The Labute approximate surface area is 150 Å². The maximum absolute atomic E-state index is 12.7. The van der Waals surface area contributed by atoms with E-state index in [4.69, 9.17) is 8.92 Å². The number of hydrogen-bond acceptors (Lipinski definition) is 5. The van der Waals surface area contributed by atoms with Crippen molar-refractivity contribution in [1.29, 1.82) is 0 Å². The quantitative estimate of drug-likeness (QED) is 0.659. The van der Waals surface area contributed by atoms with Crippen molar-refractivity contribution in [3.8, 4) is 11.5 Å². The number of rotatable bonds is 8. The van der Waals surface area contributed by atoms with E-state index in [1.54, 1.807) is 12.1 Å². The van der Waals surface area contributed by atoms with E-state index >= 15 is 0 Å². The predicted molar refractivity (Wildman–Crippen MR) is 96.1 cm³/mol. The minimum absolute atomic E-state index is 0.120. The summed E-state index contributed by atoms with van der Waals surface area (Å²) in [7, 11) is -2.21. The normalized spacial score (nSPS) is 16.0. The molecule has 1 aromatic carbocycles. The van der Waals surface area contributed by atoms with Gasteiger partial charge in [-0.1, -0.05) is 19.4 Å². The molecule has 0 saturated heterocycles. The van der Waals surface area contributed by atoms with Crippen molar-refractivity contribution in [2.75, 3.05) is 13.4 Å². The lowest BCUT2D eigenvalue weighted by Crippen LogP contribution is -2.43. The Morgan fingerprint density at radius 1 is 1.32 bits per heavy atom. The summed E-state index contributed by atoms with van der Waals surface area (Å²) in [6.45, 7) is 4.51. The van der Waals surface area contributed by atoms with E-state index in [9.17, 15) is 13.2 Å². The fraction of sp³-hybridized carbons (Fsp3) is 0.611. The zero-order valence-corrected chi connectivity index (χ0v) is 16.1. The lowest BCUT2D eigenvalue weighted by molar-refractivity contribution is -0.141. The maximum atomic E-state index is 12.7. The molecule has 1 aliphatic rings. The molecule has 0 unspecified atom stereocenters. The second kappa shape index (κ2) is 8.08. The Bertz CT molecular complexity index is 712. The number of benzene rings is 1. The second-order valence-electron chi connectivity index (χ2n) is 6.62. The van der Waals surface area contributed by atoms with Crippen molar-refractivity contribution >= 4 is 16.0 Å². The van der Waals surface area contributed by atoms with Crippen LogP contribution >= 0.6 is 0 Å². The fourth-order valence-electron chi connectivity index (χ4n) is 2.81. The molecule has 1 amide bonds. The smallest absolute Gasteiger partial charge is 0.306 e. The average molecular weight is 369 g/mol. The highest BCUT2D eigenvalue weighted by Crippen LogP contribution is 2.32. The van der Waals surface area contributed by atoms with Gasteiger partial charge in [0.15, 0.2) is 11.5 Å². The van der Waals surface area contributed by atoms with Gasteiger partial charge in [-0.15, -0.1) is 0 Å². The zero-order valence-electron chi connectivity index (χ0n) is 15.3. The molecule has 0 N–H and O–H groups in total. The molecule has 0 spiro atoms. The van der Waals surface area contributed by atoms with Gasteiger partial charge in [-0.05, 0) is 43.9 Å². The summed E-state index contributed by atoms with van der Waals surface area (Å²) in [5.74, 6) is 0.790. The molecule has 1 atom stereocenters. The van der Waals surface area contributed by atoms with Crippen LogP contribution in [0.3, 0.4) is 0 Å². The third-order valence-electron chi connectivity index (χ3n) is 4.68. The largest absolute Gasteiger partial charge is 0.493 e. The van der Waals surface area contributed by atoms with Gasteiger partial charge in [0.2, 0.25) is 5.91 Å². The maximum Gasteiger partial charge on any atom is 0.306 e. The summed E-state index contributed by atoms with van der Waals surface area (Å²) in [6, 6.07) is 5.24. The van der Waals surface area contributed by atoms with E-state index in [1.165, 1.54) is 7.11 Å².